The van der Waals surface area contributed by atoms with Crippen LogP contribution in [0.25, 0.3) is 0 Å². The number of hydrogen-bond donors (Lipinski definition) is 1. The summed E-state index contributed by atoms with van der Waals surface area (Å²) < 4.78 is 7.81. The van der Waals surface area contributed by atoms with Crippen molar-refractivity contribution in [2.45, 2.75) is 6.54 Å². The maximum Gasteiger partial charge on any atom is 0.339 e. The highest BCUT2D eigenvalue weighted by Gasteiger charge is 2.11. The number of ether oxygens (including phenoxy) is 1. The Morgan fingerprint density at radius 1 is 1.56 bits per heavy atom. The number of carboxylic acid groups (broad SMARTS) is 1. The maximum atomic E-state index is 11.1. The number of aromatic carboxylic acids is 1. The topological polar surface area (TPSA) is 64.4 Å². The van der Waals surface area contributed by atoms with E-state index in [1.807, 2.05) is 12.3 Å². The van der Waals surface area contributed by atoms with Gasteiger partial charge in [0.1, 0.15) is 11.3 Å². The third-order valence-corrected chi connectivity index (χ3v) is 3.00. The van der Waals surface area contributed by atoms with Gasteiger partial charge in [0.2, 0.25) is 0 Å². The number of rotatable bonds is 4. The second-order valence-corrected chi connectivity index (χ2v) is 4.94. The van der Waals surface area contributed by atoms with Crippen LogP contribution in [0.2, 0.25) is 0 Å². The van der Waals surface area contributed by atoms with Gasteiger partial charge in [0.15, 0.2) is 0 Å². The zero-order chi connectivity index (χ0) is 13.1. The summed E-state index contributed by atoms with van der Waals surface area (Å²) in [4.78, 5) is 11.1. The zero-order valence-electron chi connectivity index (χ0n) is 9.63. The van der Waals surface area contributed by atoms with Crippen LogP contribution in [0, 0.1) is 3.57 Å². The molecular formula is C12H11IN2O3. The minimum atomic E-state index is -0.997. The summed E-state index contributed by atoms with van der Waals surface area (Å²) in [6, 6.07) is 5.10. The van der Waals surface area contributed by atoms with Crippen molar-refractivity contribution >= 4 is 28.6 Å². The van der Waals surface area contributed by atoms with E-state index in [1.165, 1.54) is 7.11 Å². The van der Waals surface area contributed by atoms with E-state index < -0.39 is 5.97 Å². The molecule has 0 unspecified atom stereocenters. The molecule has 1 aromatic carbocycles. The molecule has 0 saturated heterocycles. The summed E-state index contributed by atoms with van der Waals surface area (Å²) in [5.74, 6) is -0.634. The molecule has 5 nitrogen and oxygen atoms in total. The number of halogens is 1. The van der Waals surface area contributed by atoms with E-state index in [0.717, 1.165) is 9.13 Å². The third-order valence-electron chi connectivity index (χ3n) is 2.44. The summed E-state index contributed by atoms with van der Waals surface area (Å²) in [6.07, 6.45) is 3.65. The van der Waals surface area contributed by atoms with Gasteiger partial charge < -0.3 is 9.84 Å². The van der Waals surface area contributed by atoms with Gasteiger partial charge in [-0.15, -0.1) is 0 Å². The predicted octanol–water partition coefficient (Wildman–Crippen LogP) is 2.24. The molecule has 0 aliphatic heterocycles. The fourth-order valence-electron chi connectivity index (χ4n) is 1.63. The molecule has 0 atom stereocenters. The average Bonchev–Trinajstić information content (AvgIpc) is 2.74. The number of carbonyl (C=O) groups is 1. The quantitative estimate of drug-likeness (QED) is 0.852. The molecule has 0 amide bonds. The minimum Gasteiger partial charge on any atom is -0.496 e. The van der Waals surface area contributed by atoms with E-state index in [2.05, 4.69) is 27.7 Å². The van der Waals surface area contributed by atoms with Crippen LogP contribution >= 0.6 is 22.6 Å². The van der Waals surface area contributed by atoms with Crippen LogP contribution in [-0.2, 0) is 6.54 Å². The smallest absolute Gasteiger partial charge is 0.339 e. The van der Waals surface area contributed by atoms with Gasteiger partial charge in [0, 0.05) is 6.20 Å². The number of benzene rings is 1. The van der Waals surface area contributed by atoms with Crippen LogP contribution in [0.3, 0.4) is 0 Å². The van der Waals surface area contributed by atoms with Crippen molar-refractivity contribution < 1.29 is 14.6 Å². The Bertz CT molecular complexity index is 580. The van der Waals surface area contributed by atoms with Crippen molar-refractivity contribution in [2.75, 3.05) is 7.11 Å². The molecule has 18 heavy (non-hydrogen) atoms. The van der Waals surface area contributed by atoms with Crippen molar-refractivity contribution in [1.29, 1.82) is 0 Å². The summed E-state index contributed by atoms with van der Waals surface area (Å²) in [7, 11) is 1.46. The largest absolute Gasteiger partial charge is 0.496 e. The molecule has 1 heterocycles. The highest BCUT2D eigenvalue weighted by molar-refractivity contribution is 14.1. The molecule has 2 aromatic rings. The molecule has 0 aliphatic rings. The summed E-state index contributed by atoms with van der Waals surface area (Å²) in [6.45, 7) is 0.535. The molecule has 94 valence electrons. The first-order valence-electron chi connectivity index (χ1n) is 5.18. The molecule has 2 rings (SSSR count). The number of carboxylic acids is 1. The Labute approximate surface area is 118 Å². The van der Waals surface area contributed by atoms with Gasteiger partial charge in [-0.3, -0.25) is 4.68 Å². The first-order valence-corrected chi connectivity index (χ1v) is 6.26. The summed E-state index contributed by atoms with van der Waals surface area (Å²) in [5.41, 5.74) is 1.03. The maximum absolute atomic E-state index is 11.1. The van der Waals surface area contributed by atoms with Gasteiger partial charge in [-0.2, -0.15) is 5.10 Å². The van der Waals surface area contributed by atoms with E-state index in [1.54, 1.807) is 23.0 Å². The number of aromatic nitrogens is 2. The lowest BCUT2D eigenvalue weighted by molar-refractivity contribution is 0.0693. The van der Waals surface area contributed by atoms with Gasteiger partial charge >= 0.3 is 5.97 Å². The van der Waals surface area contributed by atoms with Crippen molar-refractivity contribution in [3.8, 4) is 5.75 Å². The molecule has 0 spiro atoms. The molecule has 6 heteroatoms. The Kier molecular flexibility index (Phi) is 3.85. The first kappa shape index (κ1) is 12.9. The zero-order valence-corrected chi connectivity index (χ0v) is 11.8. The Hall–Kier alpha value is -1.57. The summed E-state index contributed by atoms with van der Waals surface area (Å²) >= 11 is 2.17. The van der Waals surface area contributed by atoms with Gasteiger partial charge in [-0.1, -0.05) is 6.07 Å². The Balaban J connectivity index is 2.29. The standard InChI is InChI=1S/C12H11IN2O3/c1-18-11-3-2-8(4-10(11)12(16)17)6-15-7-9(13)5-14-15/h2-5,7H,6H2,1H3,(H,16,17). The number of nitrogens with zero attached hydrogens (tertiary/aromatic N) is 2. The van der Waals surface area contributed by atoms with Crippen LogP contribution in [0.1, 0.15) is 15.9 Å². The first-order chi connectivity index (χ1) is 8.60. The van der Waals surface area contributed by atoms with E-state index in [-0.39, 0.29) is 5.56 Å². The molecule has 0 aliphatic carbocycles. The lowest BCUT2D eigenvalue weighted by atomic mass is 10.1. The SMILES string of the molecule is COc1ccc(Cn2cc(I)cn2)cc1C(=O)O. The van der Waals surface area contributed by atoms with Gasteiger partial charge in [0.25, 0.3) is 0 Å². The third kappa shape index (κ3) is 2.81. The van der Waals surface area contributed by atoms with E-state index in [9.17, 15) is 4.79 Å². The highest BCUT2D eigenvalue weighted by Crippen LogP contribution is 2.20. The van der Waals surface area contributed by atoms with Crippen molar-refractivity contribution in [3.05, 3.63) is 45.3 Å². The van der Waals surface area contributed by atoms with Crippen LogP contribution in [-0.4, -0.2) is 28.0 Å². The molecule has 0 radical (unpaired) electrons. The van der Waals surface area contributed by atoms with Crippen molar-refractivity contribution in [2.24, 2.45) is 0 Å². The second-order valence-electron chi connectivity index (χ2n) is 3.70. The predicted molar refractivity (Wildman–Crippen MR) is 74.0 cm³/mol. The second kappa shape index (κ2) is 5.38. The number of methoxy groups -OCH3 is 1. The molecule has 0 bridgehead atoms. The minimum absolute atomic E-state index is 0.164. The lowest BCUT2D eigenvalue weighted by Gasteiger charge is -2.07. The molecule has 1 aromatic heterocycles. The van der Waals surface area contributed by atoms with Gasteiger partial charge in [0.05, 0.1) is 23.4 Å². The molecule has 0 saturated carbocycles. The van der Waals surface area contributed by atoms with Crippen molar-refractivity contribution in [3.63, 3.8) is 0 Å². The van der Waals surface area contributed by atoms with Crippen LogP contribution in [0.4, 0.5) is 0 Å². The van der Waals surface area contributed by atoms with E-state index in [0.29, 0.717) is 12.3 Å². The number of hydrogen-bond acceptors (Lipinski definition) is 3. The van der Waals surface area contributed by atoms with Gasteiger partial charge in [-0.05, 0) is 40.3 Å². The van der Waals surface area contributed by atoms with Crippen LogP contribution in [0.5, 0.6) is 5.75 Å². The Morgan fingerprint density at radius 2 is 2.33 bits per heavy atom. The normalized spacial score (nSPS) is 10.3. The lowest BCUT2D eigenvalue weighted by Crippen LogP contribution is -2.04. The van der Waals surface area contributed by atoms with Crippen LogP contribution in [0.15, 0.2) is 30.6 Å². The van der Waals surface area contributed by atoms with E-state index >= 15 is 0 Å². The average molecular weight is 358 g/mol. The molecule has 1 N–H and O–H groups in total. The fourth-order valence-corrected chi connectivity index (χ4v) is 2.08. The fraction of sp³-hybridized carbons (Fsp3) is 0.167. The molecular weight excluding hydrogens is 347 g/mol. The monoisotopic (exact) mass is 358 g/mol. The Morgan fingerprint density at radius 3 is 2.89 bits per heavy atom. The molecule has 0 fully saturated rings. The van der Waals surface area contributed by atoms with Crippen LogP contribution < -0.4 is 4.74 Å². The van der Waals surface area contributed by atoms with Gasteiger partial charge in [-0.25, -0.2) is 4.79 Å². The van der Waals surface area contributed by atoms with E-state index in [4.69, 9.17) is 9.84 Å². The highest BCUT2D eigenvalue weighted by atomic mass is 127. The summed E-state index contributed by atoms with van der Waals surface area (Å²) in [5, 5.41) is 13.2. The van der Waals surface area contributed by atoms with Crippen molar-refractivity contribution in [1.82, 2.24) is 9.78 Å².